The number of carbonyl (C=O) groups is 2. The third kappa shape index (κ3) is 2.35. The average molecular weight is 412 g/mol. The molecule has 0 spiro atoms. The van der Waals surface area contributed by atoms with Gasteiger partial charge in [0.25, 0.3) is 0 Å². The summed E-state index contributed by atoms with van der Waals surface area (Å²) in [6.45, 7) is 8.05. The molecule has 158 valence electrons. The number of fused-ring (bicyclic) bond motifs is 8. The SMILES string of the molecule is CC1(C)O[C@H]2O[C@H]3[C@H](OC[C@H]4[C@@H]3C3=C(OC4(C)C)c4ccccc4C(=O)C3=O)[C@H]2O1. The van der Waals surface area contributed by atoms with Crippen molar-refractivity contribution in [2.45, 2.75) is 63.7 Å². The second-order valence-electron chi connectivity index (χ2n) is 9.65. The van der Waals surface area contributed by atoms with Crippen LogP contribution < -0.4 is 0 Å². The number of benzene rings is 1. The third-order valence-corrected chi connectivity index (χ3v) is 6.99. The summed E-state index contributed by atoms with van der Waals surface area (Å²) < 4.78 is 30.8. The summed E-state index contributed by atoms with van der Waals surface area (Å²) in [5.41, 5.74) is 0.848. The molecule has 6 rings (SSSR count). The second kappa shape index (κ2) is 5.79. The van der Waals surface area contributed by atoms with E-state index in [2.05, 4.69) is 0 Å². The zero-order valence-corrected chi connectivity index (χ0v) is 17.3. The summed E-state index contributed by atoms with van der Waals surface area (Å²) in [4.78, 5) is 26.2. The van der Waals surface area contributed by atoms with Gasteiger partial charge in [-0.15, -0.1) is 0 Å². The van der Waals surface area contributed by atoms with Gasteiger partial charge in [0.2, 0.25) is 11.6 Å². The highest BCUT2D eigenvalue weighted by molar-refractivity contribution is 6.52. The Hall–Kier alpha value is -2.06. The van der Waals surface area contributed by atoms with E-state index in [-0.39, 0.29) is 24.0 Å². The Labute approximate surface area is 174 Å². The fourth-order valence-electron chi connectivity index (χ4n) is 5.65. The smallest absolute Gasteiger partial charge is 0.234 e. The fraction of sp³-hybridized carbons (Fsp3) is 0.565. The monoisotopic (exact) mass is 412 g/mol. The van der Waals surface area contributed by atoms with Crippen molar-refractivity contribution in [1.82, 2.24) is 0 Å². The quantitative estimate of drug-likeness (QED) is 0.606. The lowest BCUT2D eigenvalue weighted by Gasteiger charge is -2.51. The van der Waals surface area contributed by atoms with Crippen molar-refractivity contribution < 1.29 is 33.3 Å². The molecule has 1 aromatic carbocycles. The van der Waals surface area contributed by atoms with Gasteiger partial charge in [-0.3, -0.25) is 9.59 Å². The van der Waals surface area contributed by atoms with Gasteiger partial charge in [0, 0.05) is 23.0 Å². The number of Topliss-reactive ketones (excluding diaryl/α,β-unsaturated/α-hetero) is 2. The number of hydrogen-bond acceptors (Lipinski definition) is 7. The zero-order valence-electron chi connectivity index (χ0n) is 17.3. The Bertz CT molecular complexity index is 1010. The minimum atomic E-state index is -0.755. The van der Waals surface area contributed by atoms with Crippen LogP contribution in [0, 0.1) is 11.8 Å². The zero-order chi connectivity index (χ0) is 21.0. The van der Waals surface area contributed by atoms with Crippen molar-refractivity contribution in [1.29, 1.82) is 0 Å². The van der Waals surface area contributed by atoms with Gasteiger partial charge in [0.05, 0.1) is 18.3 Å². The molecule has 1 aliphatic carbocycles. The van der Waals surface area contributed by atoms with Crippen molar-refractivity contribution in [3.05, 3.63) is 41.0 Å². The molecule has 0 aromatic heterocycles. The highest BCUT2D eigenvalue weighted by Gasteiger charge is 2.64. The van der Waals surface area contributed by atoms with Crippen molar-refractivity contribution in [2.75, 3.05) is 6.61 Å². The summed E-state index contributed by atoms with van der Waals surface area (Å²) in [6, 6.07) is 7.12. The Morgan fingerprint density at radius 1 is 0.900 bits per heavy atom. The summed E-state index contributed by atoms with van der Waals surface area (Å²) in [7, 11) is 0. The Balaban J connectivity index is 1.49. The summed E-state index contributed by atoms with van der Waals surface area (Å²) >= 11 is 0. The number of ketones is 2. The first kappa shape index (κ1) is 18.7. The van der Waals surface area contributed by atoms with E-state index in [1.807, 2.05) is 39.8 Å². The lowest BCUT2D eigenvalue weighted by Crippen LogP contribution is -2.59. The Morgan fingerprint density at radius 3 is 2.40 bits per heavy atom. The molecule has 0 amide bonds. The van der Waals surface area contributed by atoms with E-state index in [0.29, 0.717) is 29.1 Å². The first-order valence-corrected chi connectivity index (χ1v) is 10.4. The largest absolute Gasteiger partial charge is 0.486 e. The molecule has 0 radical (unpaired) electrons. The van der Waals surface area contributed by atoms with Gasteiger partial charge in [-0.1, -0.05) is 24.3 Å². The van der Waals surface area contributed by atoms with Gasteiger partial charge in [-0.25, -0.2) is 0 Å². The molecule has 5 aliphatic rings. The van der Waals surface area contributed by atoms with Gasteiger partial charge >= 0.3 is 0 Å². The predicted octanol–water partition coefficient (Wildman–Crippen LogP) is 2.48. The standard InChI is InChI=1S/C23H24O7/c1-22(2)12-9-26-19-18(27-21-20(19)29-23(3,4)30-21)13(12)14-16(25)15(24)10-7-5-6-8-11(10)17(14)28-22/h5-8,12-13,18-21H,9H2,1-4H3/t12-,13+,18+,19-,20+,21+/m0/s1. The molecule has 7 nitrogen and oxygen atoms in total. The highest BCUT2D eigenvalue weighted by Crippen LogP contribution is 2.54. The van der Waals surface area contributed by atoms with Crippen molar-refractivity contribution in [2.24, 2.45) is 11.8 Å². The van der Waals surface area contributed by atoms with Crippen LogP contribution in [0.25, 0.3) is 5.76 Å². The summed E-state index contributed by atoms with van der Waals surface area (Å²) in [5, 5.41) is 0. The lowest BCUT2D eigenvalue weighted by atomic mass is 9.66. The van der Waals surface area contributed by atoms with Crippen molar-refractivity contribution in [3.8, 4) is 0 Å². The van der Waals surface area contributed by atoms with Crippen LogP contribution in [0.4, 0.5) is 0 Å². The molecule has 1 aromatic rings. The highest BCUT2D eigenvalue weighted by atomic mass is 16.8. The van der Waals surface area contributed by atoms with E-state index in [0.717, 1.165) is 0 Å². The molecule has 7 heteroatoms. The van der Waals surface area contributed by atoms with Crippen LogP contribution in [-0.4, -0.2) is 54.2 Å². The molecule has 4 heterocycles. The first-order chi connectivity index (χ1) is 14.2. The van der Waals surface area contributed by atoms with Gasteiger partial charge < -0.3 is 23.7 Å². The van der Waals surface area contributed by atoms with Crippen LogP contribution in [0.2, 0.25) is 0 Å². The topological polar surface area (TPSA) is 80.3 Å². The second-order valence-corrected chi connectivity index (χ2v) is 9.65. The van der Waals surface area contributed by atoms with Crippen LogP contribution >= 0.6 is 0 Å². The maximum Gasteiger partial charge on any atom is 0.234 e. The van der Waals surface area contributed by atoms with Crippen LogP contribution in [-0.2, 0) is 28.5 Å². The van der Waals surface area contributed by atoms with Crippen LogP contribution in [0.1, 0.15) is 43.6 Å². The van der Waals surface area contributed by atoms with Gasteiger partial charge in [0.1, 0.15) is 23.6 Å². The number of rotatable bonds is 0. The van der Waals surface area contributed by atoms with Gasteiger partial charge in [0.15, 0.2) is 12.1 Å². The first-order valence-electron chi connectivity index (χ1n) is 10.4. The predicted molar refractivity (Wildman–Crippen MR) is 103 cm³/mol. The minimum Gasteiger partial charge on any atom is -0.486 e. The average Bonchev–Trinajstić information content (AvgIpc) is 3.17. The maximum atomic E-state index is 13.3. The normalized spacial score (nSPS) is 40.1. The molecule has 30 heavy (non-hydrogen) atoms. The molecule has 3 fully saturated rings. The number of carbonyl (C=O) groups excluding carboxylic acids is 2. The molecule has 0 bridgehead atoms. The molecule has 0 N–H and O–H groups in total. The van der Waals surface area contributed by atoms with E-state index in [1.54, 1.807) is 12.1 Å². The minimum absolute atomic E-state index is 0.147. The Morgan fingerprint density at radius 2 is 1.63 bits per heavy atom. The molecular weight excluding hydrogens is 388 g/mol. The number of hydrogen-bond donors (Lipinski definition) is 0. The summed E-state index contributed by atoms with van der Waals surface area (Å²) in [5.74, 6) is -1.77. The van der Waals surface area contributed by atoms with E-state index >= 15 is 0 Å². The fourth-order valence-corrected chi connectivity index (χ4v) is 5.65. The van der Waals surface area contributed by atoms with Gasteiger partial charge in [-0.2, -0.15) is 0 Å². The summed E-state index contributed by atoms with van der Waals surface area (Å²) in [6.07, 6.45) is -1.76. The molecular formula is C23H24O7. The van der Waals surface area contributed by atoms with E-state index in [9.17, 15) is 9.59 Å². The van der Waals surface area contributed by atoms with E-state index in [1.165, 1.54) is 0 Å². The van der Waals surface area contributed by atoms with Crippen LogP contribution in [0.3, 0.4) is 0 Å². The van der Waals surface area contributed by atoms with Gasteiger partial charge in [-0.05, 0) is 27.7 Å². The molecule has 0 unspecified atom stereocenters. The van der Waals surface area contributed by atoms with E-state index < -0.39 is 35.3 Å². The maximum absolute atomic E-state index is 13.3. The van der Waals surface area contributed by atoms with Crippen LogP contribution in [0.5, 0.6) is 0 Å². The van der Waals surface area contributed by atoms with E-state index in [4.69, 9.17) is 23.7 Å². The molecule has 3 saturated heterocycles. The lowest BCUT2D eigenvalue weighted by molar-refractivity contribution is -0.246. The third-order valence-electron chi connectivity index (χ3n) is 6.99. The molecule has 0 saturated carbocycles. The molecule has 4 aliphatic heterocycles. The van der Waals surface area contributed by atoms with Crippen molar-refractivity contribution in [3.63, 3.8) is 0 Å². The van der Waals surface area contributed by atoms with Crippen molar-refractivity contribution >= 4 is 17.3 Å². The number of ether oxygens (including phenoxy) is 5. The Kier molecular flexibility index (Phi) is 3.61. The molecule has 6 atom stereocenters. The van der Waals surface area contributed by atoms with Crippen LogP contribution in [0.15, 0.2) is 29.8 Å².